The molecular formula is C16H16BN3O5. The van der Waals surface area contributed by atoms with E-state index in [-0.39, 0.29) is 12.8 Å². The van der Waals surface area contributed by atoms with Gasteiger partial charge in [0.25, 0.3) is 0 Å². The second kappa shape index (κ2) is 7.89. The number of carbonyl (C=O) groups excluding carboxylic acids is 1. The Morgan fingerprint density at radius 2 is 2.00 bits per heavy atom. The number of nitrogens with zero attached hydrogens (tertiary/aromatic N) is 2. The Labute approximate surface area is 143 Å². The van der Waals surface area contributed by atoms with Gasteiger partial charge in [0.2, 0.25) is 5.91 Å². The summed E-state index contributed by atoms with van der Waals surface area (Å²) in [5.74, 6) is -0.0401. The zero-order chi connectivity index (χ0) is 17.6. The molecule has 0 saturated heterocycles. The summed E-state index contributed by atoms with van der Waals surface area (Å²) < 4.78 is 10.4. The summed E-state index contributed by atoms with van der Waals surface area (Å²) in [5, 5.41) is 21.7. The second-order valence-electron chi connectivity index (χ2n) is 5.32. The molecule has 0 unspecified atom stereocenters. The van der Waals surface area contributed by atoms with Crippen LogP contribution in [0.3, 0.4) is 0 Å². The van der Waals surface area contributed by atoms with Crippen LogP contribution in [0.2, 0.25) is 0 Å². The molecule has 3 rings (SSSR count). The van der Waals surface area contributed by atoms with Gasteiger partial charge in [-0.25, -0.2) is 9.97 Å². The standard InChI is InChI=1S/C16H16BN3O5/c21-15(9-14-18-6-3-7-19-14)20-16(25-17(22)23)8-11-10-24-13-5-2-1-4-12(11)13/h1-7,10,16,22-23H,8-9H2,(H,20,21)/t16-/m1/s1. The van der Waals surface area contributed by atoms with Gasteiger partial charge in [-0.15, -0.1) is 0 Å². The molecule has 0 spiro atoms. The smallest absolute Gasteiger partial charge is 0.464 e. The quantitative estimate of drug-likeness (QED) is 0.421. The first kappa shape index (κ1) is 17.1. The molecule has 2 heterocycles. The molecule has 0 radical (unpaired) electrons. The molecule has 1 amide bonds. The van der Waals surface area contributed by atoms with Crippen molar-refractivity contribution in [2.24, 2.45) is 0 Å². The summed E-state index contributed by atoms with van der Waals surface area (Å²) in [5.41, 5.74) is 1.47. The summed E-state index contributed by atoms with van der Waals surface area (Å²) in [7, 11) is -2.02. The van der Waals surface area contributed by atoms with Crippen molar-refractivity contribution < 1.29 is 23.9 Å². The van der Waals surface area contributed by atoms with Crippen LogP contribution in [0.25, 0.3) is 11.0 Å². The lowest BCUT2D eigenvalue weighted by molar-refractivity contribution is -0.123. The van der Waals surface area contributed by atoms with Crippen molar-refractivity contribution in [3.63, 3.8) is 0 Å². The van der Waals surface area contributed by atoms with Crippen LogP contribution in [-0.2, 0) is 22.3 Å². The van der Waals surface area contributed by atoms with Crippen molar-refractivity contribution in [1.82, 2.24) is 15.3 Å². The number of fused-ring (bicyclic) bond motifs is 1. The minimum absolute atomic E-state index is 0.0473. The van der Waals surface area contributed by atoms with Crippen LogP contribution in [0.1, 0.15) is 11.4 Å². The summed E-state index contributed by atoms with van der Waals surface area (Å²) in [6, 6.07) is 9.06. The van der Waals surface area contributed by atoms with Crippen LogP contribution in [-0.4, -0.2) is 39.5 Å². The predicted octanol–water partition coefficient (Wildman–Crippen LogP) is 0.436. The Hall–Kier alpha value is -2.75. The zero-order valence-electron chi connectivity index (χ0n) is 13.2. The first-order chi connectivity index (χ1) is 12.1. The molecule has 1 atom stereocenters. The molecule has 128 valence electrons. The molecule has 0 fully saturated rings. The molecule has 3 N–H and O–H groups in total. The first-order valence-corrected chi connectivity index (χ1v) is 7.64. The van der Waals surface area contributed by atoms with Crippen molar-refractivity contribution in [3.8, 4) is 0 Å². The van der Waals surface area contributed by atoms with Gasteiger partial charge < -0.3 is 24.4 Å². The number of hydrogen-bond acceptors (Lipinski definition) is 7. The van der Waals surface area contributed by atoms with Crippen molar-refractivity contribution >= 4 is 24.2 Å². The number of furan rings is 1. The molecule has 0 aliphatic rings. The monoisotopic (exact) mass is 341 g/mol. The van der Waals surface area contributed by atoms with E-state index in [1.807, 2.05) is 24.3 Å². The fourth-order valence-electron chi connectivity index (χ4n) is 2.47. The molecule has 2 aromatic heterocycles. The Balaban J connectivity index is 1.70. The number of rotatable bonds is 7. The number of amides is 1. The molecule has 0 aliphatic carbocycles. The van der Waals surface area contributed by atoms with Crippen LogP contribution in [0.4, 0.5) is 0 Å². The minimum Gasteiger partial charge on any atom is -0.464 e. The van der Waals surface area contributed by atoms with Crippen molar-refractivity contribution in [2.45, 2.75) is 19.1 Å². The van der Waals surface area contributed by atoms with Crippen LogP contribution >= 0.6 is 0 Å². The summed E-state index contributed by atoms with van der Waals surface area (Å²) in [4.78, 5) is 20.1. The van der Waals surface area contributed by atoms with Gasteiger partial charge in [-0.05, 0) is 12.1 Å². The van der Waals surface area contributed by atoms with Crippen LogP contribution in [0.5, 0.6) is 0 Å². The van der Waals surface area contributed by atoms with Gasteiger partial charge in [-0.2, -0.15) is 0 Å². The van der Waals surface area contributed by atoms with E-state index in [1.54, 1.807) is 24.7 Å². The van der Waals surface area contributed by atoms with E-state index in [0.29, 0.717) is 11.4 Å². The molecule has 8 nitrogen and oxygen atoms in total. The van der Waals surface area contributed by atoms with E-state index < -0.39 is 19.5 Å². The number of para-hydroxylation sites is 1. The molecule has 3 aromatic rings. The van der Waals surface area contributed by atoms with Gasteiger partial charge in [0.05, 0.1) is 12.7 Å². The Kier molecular flexibility index (Phi) is 5.39. The first-order valence-electron chi connectivity index (χ1n) is 7.64. The fourth-order valence-corrected chi connectivity index (χ4v) is 2.47. The van der Waals surface area contributed by atoms with Gasteiger partial charge in [-0.1, -0.05) is 18.2 Å². The summed E-state index contributed by atoms with van der Waals surface area (Å²) in [6.07, 6.45) is 3.84. The Bertz CT molecular complexity index is 840. The highest BCUT2D eigenvalue weighted by atomic mass is 16.6. The van der Waals surface area contributed by atoms with Gasteiger partial charge in [0, 0.05) is 29.8 Å². The molecule has 25 heavy (non-hydrogen) atoms. The normalized spacial score (nSPS) is 12.1. The van der Waals surface area contributed by atoms with E-state index in [2.05, 4.69) is 15.3 Å². The highest BCUT2D eigenvalue weighted by molar-refractivity contribution is 6.32. The van der Waals surface area contributed by atoms with Crippen LogP contribution in [0, 0.1) is 0 Å². The SMILES string of the molecule is O=C(Cc1ncccn1)N[C@@H](Cc1coc2ccccc12)OB(O)O. The third-order valence-corrected chi connectivity index (χ3v) is 3.51. The van der Waals surface area contributed by atoms with Gasteiger partial charge in [-0.3, -0.25) is 4.79 Å². The summed E-state index contributed by atoms with van der Waals surface area (Å²) >= 11 is 0. The average molecular weight is 341 g/mol. The maximum Gasteiger partial charge on any atom is 0.635 e. The molecule has 0 saturated carbocycles. The molecule has 9 heteroatoms. The highest BCUT2D eigenvalue weighted by Gasteiger charge is 2.22. The minimum atomic E-state index is -2.02. The topological polar surface area (TPSA) is 118 Å². The van der Waals surface area contributed by atoms with E-state index in [0.717, 1.165) is 10.9 Å². The Morgan fingerprint density at radius 3 is 2.76 bits per heavy atom. The van der Waals surface area contributed by atoms with E-state index in [1.165, 1.54) is 0 Å². The number of hydrogen-bond donors (Lipinski definition) is 3. The van der Waals surface area contributed by atoms with E-state index >= 15 is 0 Å². The maximum absolute atomic E-state index is 12.1. The van der Waals surface area contributed by atoms with E-state index in [4.69, 9.17) is 19.1 Å². The number of benzene rings is 1. The predicted molar refractivity (Wildman–Crippen MR) is 88.9 cm³/mol. The number of carbonyl (C=O) groups is 1. The zero-order valence-corrected chi connectivity index (χ0v) is 13.2. The Morgan fingerprint density at radius 1 is 1.24 bits per heavy atom. The van der Waals surface area contributed by atoms with Crippen LogP contribution in [0.15, 0.2) is 53.4 Å². The molecule has 0 aliphatic heterocycles. The van der Waals surface area contributed by atoms with E-state index in [9.17, 15) is 4.79 Å². The third kappa shape index (κ3) is 4.63. The second-order valence-corrected chi connectivity index (χ2v) is 5.32. The highest BCUT2D eigenvalue weighted by Crippen LogP contribution is 2.22. The van der Waals surface area contributed by atoms with Gasteiger partial charge in [0.15, 0.2) is 0 Å². The largest absolute Gasteiger partial charge is 0.635 e. The number of nitrogens with one attached hydrogen (secondary N) is 1. The van der Waals surface area contributed by atoms with Gasteiger partial charge in [0.1, 0.15) is 17.6 Å². The molecule has 0 bridgehead atoms. The van der Waals surface area contributed by atoms with Crippen molar-refractivity contribution in [1.29, 1.82) is 0 Å². The van der Waals surface area contributed by atoms with Crippen LogP contribution < -0.4 is 5.32 Å². The van der Waals surface area contributed by atoms with Gasteiger partial charge >= 0.3 is 7.32 Å². The lowest BCUT2D eigenvalue weighted by Gasteiger charge is -2.18. The lowest BCUT2D eigenvalue weighted by atomic mass is 10.1. The maximum atomic E-state index is 12.1. The lowest BCUT2D eigenvalue weighted by Crippen LogP contribution is -2.43. The molecule has 1 aromatic carbocycles. The number of aromatic nitrogens is 2. The molecular weight excluding hydrogens is 325 g/mol. The van der Waals surface area contributed by atoms with Crippen molar-refractivity contribution in [3.05, 3.63) is 60.4 Å². The summed E-state index contributed by atoms with van der Waals surface area (Å²) in [6.45, 7) is 0. The third-order valence-electron chi connectivity index (χ3n) is 3.51. The van der Waals surface area contributed by atoms with Crippen molar-refractivity contribution in [2.75, 3.05) is 0 Å². The average Bonchev–Trinajstić information content (AvgIpc) is 2.98. The fraction of sp³-hybridized carbons (Fsp3) is 0.188.